The Morgan fingerprint density at radius 2 is 1.71 bits per heavy atom. The van der Waals surface area contributed by atoms with E-state index in [0.717, 1.165) is 6.61 Å². The van der Waals surface area contributed by atoms with E-state index in [9.17, 15) is 0 Å². The Bertz CT molecular complexity index is 422. The van der Waals surface area contributed by atoms with Gasteiger partial charge in [-0.15, -0.1) is 0 Å². The minimum atomic E-state index is 0.335. The SMILES string of the molecule is N[C@@H]1CCC[C@@H]1N[C@H]1CCCC[C@@H]1OCc1ccccc1. The van der Waals surface area contributed by atoms with Crippen LogP contribution in [0, 0.1) is 0 Å². The van der Waals surface area contributed by atoms with E-state index < -0.39 is 0 Å². The lowest BCUT2D eigenvalue weighted by Crippen LogP contribution is -2.52. The van der Waals surface area contributed by atoms with Crippen molar-refractivity contribution >= 4 is 0 Å². The lowest BCUT2D eigenvalue weighted by molar-refractivity contribution is -0.00861. The van der Waals surface area contributed by atoms with Crippen LogP contribution in [0.1, 0.15) is 50.5 Å². The number of ether oxygens (including phenoxy) is 1. The van der Waals surface area contributed by atoms with Crippen molar-refractivity contribution in [3.05, 3.63) is 35.9 Å². The first-order chi connectivity index (χ1) is 10.3. The molecule has 116 valence electrons. The summed E-state index contributed by atoms with van der Waals surface area (Å²) in [5.41, 5.74) is 7.47. The topological polar surface area (TPSA) is 47.3 Å². The largest absolute Gasteiger partial charge is 0.372 e. The summed E-state index contributed by atoms with van der Waals surface area (Å²) < 4.78 is 6.22. The second-order valence-electron chi connectivity index (χ2n) is 6.59. The molecule has 0 bridgehead atoms. The van der Waals surface area contributed by atoms with Gasteiger partial charge in [-0.25, -0.2) is 0 Å². The van der Waals surface area contributed by atoms with Crippen molar-refractivity contribution in [3.8, 4) is 0 Å². The molecule has 0 radical (unpaired) electrons. The van der Waals surface area contributed by atoms with Gasteiger partial charge in [0.15, 0.2) is 0 Å². The van der Waals surface area contributed by atoms with Crippen LogP contribution in [0.4, 0.5) is 0 Å². The van der Waals surface area contributed by atoms with Gasteiger partial charge in [0.2, 0.25) is 0 Å². The van der Waals surface area contributed by atoms with Gasteiger partial charge >= 0.3 is 0 Å². The van der Waals surface area contributed by atoms with Crippen molar-refractivity contribution in [2.75, 3.05) is 0 Å². The van der Waals surface area contributed by atoms with E-state index >= 15 is 0 Å². The summed E-state index contributed by atoms with van der Waals surface area (Å²) in [5, 5.41) is 3.80. The molecule has 2 fully saturated rings. The minimum Gasteiger partial charge on any atom is -0.372 e. The van der Waals surface area contributed by atoms with Gasteiger partial charge in [-0.2, -0.15) is 0 Å². The second-order valence-corrected chi connectivity index (χ2v) is 6.59. The zero-order valence-electron chi connectivity index (χ0n) is 12.8. The van der Waals surface area contributed by atoms with Crippen LogP contribution < -0.4 is 11.1 Å². The van der Waals surface area contributed by atoms with Crippen LogP contribution in [0.2, 0.25) is 0 Å². The monoisotopic (exact) mass is 288 g/mol. The van der Waals surface area contributed by atoms with Crippen LogP contribution in [-0.2, 0) is 11.3 Å². The molecule has 0 aliphatic heterocycles. The van der Waals surface area contributed by atoms with Crippen LogP contribution >= 0.6 is 0 Å². The Morgan fingerprint density at radius 1 is 0.952 bits per heavy atom. The Hall–Kier alpha value is -0.900. The molecule has 0 amide bonds. The molecule has 21 heavy (non-hydrogen) atoms. The summed E-state index contributed by atoms with van der Waals surface area (Å²) >= 11 is 0. The van der Waals surface area contributed by atoms with Crippen LogP contribution in [0.15, 0.2) is 30.3 Å². The first-order valence-corrected chi connectivity index (χ1v) is 8.50. The molecule has 0 aromatic heterocycles. The zero-order chi connectivity index (χ0) is 14.5. The fraction of sp³-hybridized carbons (Fsp3) is 0.667. The molecule has 4 atom stereocenters. The van der Waals surface area contributed by atoms with Gasteiger partial charge in [-0.1, -0.05) is 49.6 Å². The van der Waals surface area contributed by atoms with Crippen molar-refractivity contribution in [2.24, 2.45) is 5.73 Å². The quantitative estimate of drug-likeness (QED) is 0.875. The number of hydrogen-bond donors (Lipinski definition) is 2. The molecule has 3 nitrogen and oxygen atoms in total. The summed E-state index contributed by atoms with van der Waals surface area (Å²) in [7, 11) is 0. The molecule has 0 unspecified atom stereocenters. The highest BCUT2D eigenvalue weighted by atomic mass is 16.5. The fourth-order valence-electron chi connectivity index (χ4n) is 3.74. The van der Waals surface area contributed by atoms with Gasteiger partial charge in [0.05, 0.1) is 12.7 Å². The van der Waals surface area contributed by atoms with E-state index in [0.29, 0.717) is 24.2 Å². The molecule has 1 aromatic rings. The third-order valence-electron chi connectivity index (χ3n) is 5.01. The lowest BCUT2D eigenvalue weighted by Gasteiger charge is -2.35. The van der Waals surface area contributed by atoms with Gasteiger partial charge in [0, 0.05) is 18.1 Å². The maximum Gasteiger partial charge on any atom is 0.0732 e. The average molecular weight is 288 g/mol. The Morgan fingerprint density at radius 3 is 2.48 bits per heavy atom. The number of nitrogens with two attached hydrogens (primary N) is 1. The summed E-state index contributed by atoms with van der Waals surface area (Å²) in [4.78, 5) is 0. The Kier molecular flexibility index (Phi) is 5.28. The molecule has 3 N–H and O–H groups in total. The first kappa shape index (κ1) is 15.0. The molecule has 2 saturated carbocycles. The summed E-state index contributed by atoms with van der Waals surface area (Å²) in [6, 6.07) is 11.8. The van der Waals surface area contributed by atoms with E-state index in [4.69, 9.17) is 10.5 Å². The van der Waals surface area contributed by atoms with E-state index in [1.54, 1.807) is 0 Å². The van der Waals surface area contributed by atoms with Gasteiger partial charge in [-0.05, 0) is 31.2 Å². The van der Waals surface area contributed by atoms with E-state index in [-0.39, 0.29) is 0 Å². The van der Waals surface area contributed by atoms with E-state index in [1.165, 1.54) is 50.5 Å². The minimum absolute atomic E-state index is 0.335. The van der Waals surface area contributed by atoms with Crippen molar-refractivity contribution < 1.29 is 4.74 Å². The maximum absolute atomic E-state index is 6.22. The Balaban J connectivity index is 1.54. The zero-order valence-corrected chi connectivity index (χ0v) is 12.8. The molecular formula is C18H28N2O. The Labute approximate surface area is 128 Å². The molecule has 1 aromatic carbocycles. The smallest absolute Gasteiger partial charge is 0.0732 e. The number of hydrogen-bond acceptors (Lipinski definition) is 3. The van der Waals surface area contributed by atoms with Gasteiger partial charge in [0.25, 0.3) is 0 Å². The fourth-order valence-corrected chi connectivity index (χ4v) is 3.74. The first-order valence-electron chi connectivity index (χ1n) is 8.50. The maximum atomic E-state index is 6.22. The standard InChI is InChI=1S/C18H28N2O/c19-15-9-6-11-16(15)20-17-10-4-5-12-18(17)21-13-14-7-2-1-3-8-14/h1-3,7-8,15-18,20H,4-6,9-13,19H2/t15-,16+,17+,18+/m1/s1. The van der Waals surface area contributed by atoms with Crippen LogP contribution in [-0.4, -0.2) is 24.2 Å². The lowest BCUT2D eigenvalue weighted by atomic mass is 9.91. The van der Waals surface area contributed by atoms with Crippen molar-refractivity contribution in [2.45, 2.75) is 75.8 Å². The third-order valence-corrected chi connectivity index (χ3v) is 5.01. The predicted octanol–water partition coefficient (Wildman–Crippen LogP) is 2.98. The highest BCUT2D eigenvalue weighted by Crippen LogP contribution is 2.25. The van der Waals surface area contributed by atoms with E-state index in [2.05, 4.69) is 35.6 Å². The number of benzene rings is 1. The molecule has 2 aliphatic carbocycles. The molecular weight excluding hydrogens is 260 g/mol. The molecule has 0 heterocycles. The van der Waals surface area contributed by atoms with Crippen LogP contribution in [0.3, 0.4) is 0 Å². The third kappa shape index (κ3) is 4.06. The molecule has 3 heteroatoms. The molecule has 0 saturated heterocycles. The second kappa shape index (κ2) is 7.39. The molecule has 3 rings (SSSR count). The van der Waals surface area contributed by atoms with Crippen molar-refractivity contribution in [3.63, 3.8) is 0 Å². The van der Waals surface area contributed by atoms with E-state index in [1.807, 2.05) is 0 Å². The van der Waals surface area contributed by atoms with Crippen molar-refractivity contribution in [1.82, 2.24) is 5.32 Å². The normalized spacial score (nSPS) is 33.2. The molecule has 0 spiro atoms. The van der Waals surface area contributed by atoms with Crippen LogP contribution in [0.5, 0.6) is 0 Å². The van der Waals surface area contributed by atoms with Gasteiger partial charge in [-0.3, -0.25) is 0 Å². The van der Waals surface area contributed by atoms with Gasteiger partial charge < -0.3 is 15.8 Å². The highest BCUT2D eigenvalue weighted by molar-refractivity contribution is 5.13. The summed E-state index contributed by atoms with van der Waals surface area (Å²) in [5.74, 6) is 0. The number of rotatable bonds is 5. The molecule has 2 aliphatic rings. The highest BCUT2D eigenvalue weighted by Gasteiger charge is 2.31. The average Bonchev–Trinajstić information content (AvgIpc) is 2.93. The summed E-state index contributed by atoms with van der Waals surface area (Å²) in [6.07, 6.45) is 8.99. The van der Waals surface area contributed by atoms with Crippen molar-refractivity contribution in [1.29, 1.82) is 0 Å². The number of nitrogens with one attached hydrogen (secondary N) is 1. The summed E-state index contributed by atoms with van der Waals surface area (Å²) in [6.45, 7) is 0.723. The van der Waals surface area contributed by atoms with Gasteiger partial charge in [0.1, 0.15) is 0 Å². The van der Waals surface area contributed by atoms with Crippen LogP contribution in [0.25, 0.3) is 0 Å². The predicted molar refractivity (Wildman–Crippen MR) is 86.0 cm³/mol.